The van der Waals surface area contributed by atoms with Crippen LogP contribution >= 0.6 is 0 Å². The number of likely N-dealkylation sites (N-methyl/N-ethyl adjacent to an activating group) is 1. The highest BCUT2D eigenvalue weighted by Gasteiger charge is 2.18. The summed E-state index contributed by atoms with van der Waals surface area (Å²) in [7, 11) is -1.30. The predicted molar refractivity (Wildman–Crippen MR) is 109 cm³/mol. The van der Waals surface area contributed by atoms with Gasteiger partial charge in [-0.05, 0) is 37.4 Å². The molecule has 1 amide bonds. The molecule has 0 atom stereocenters. The van der Waals surface area contributed by atoms with Crippen molar-refractivity contribution in [3.8, 4) is 0 Å². The molecule has 2 aromatic rings. The van der Waals surface area contributed by atoms with Crippen molar-refractivity contribution in [2.45, 2.75) is 0 Å². The van der Waals surface area contributed by atoms with Crippen LogP contribution < -0.4 is 14.9 Å². The molecule has 0 aliphatic carbocycles. The van der Waals surface area contributed by atoms with Gasteiger partial charge < -0.3 is 15.1 Å². The molecule has 1 aliphatic heterocycles. The Balaban J connectivity index is 1.78. The summed E-state index contributed by atoms with van der Waals surface area (Å²) in [6.07, 6.45) is 1.08. The zero-order valence-corrected chi connectivity index (χ0v) is 16.3. The number of piperazine rings is 1. The number of amides is 1. The molecule has 3 rings (SSSR count). The molecule has 27 heavy (non-hydrogen) atoms. The van der Waals surface area contributed by atoms with Gasteiger partial charge in [0.1, 0.15) is 0 Å². The van der Waals surface area contributed by atoms with Crippen molar-refractivity contribution in [3.63, 3.8) is 0 Å². The molecule has 1 saturated heterocycles. The quantitative estimate of drug-likeness (QED) is 0.819. The lowest BCUT2D eigenvalue weighted by Gasteiger charge is -2.35. The van der Waals surface area contributed by atoms with Crippen molar-refractivity contribution in [3.05, 3.63) is 54.1 Å². The summed E-state index contributed by atoms with van der Waals surface area (Å²) in [6, 6.07) is 14.2. The maximum atomic E-state index is 12.7. The first-order valence-electron chi connectivity index (χ1n) is 8.73. The van der Waals surface area contributed by atoms with Crippen LogP contribution in [-0.4, -0.2) is 58.7 Å². The normalized spacial score (nSPS) is 15.4. The second-order valence-corrected chi connectivity index (χ2v) is 8.47. The molecule has 0 aromatic heterocycles. The summed E-state index contributed by atoms with van der Waals surface area (Å²) in [4.78, 5) is 17.2. The Morgan fingerprint density at radius 1 is 1.00 bits per heavy atom. The highest BCUT2D eigenvalue weighted by atomic mass is 32.2. The van der Waals surface area contributed by atoms with E-state index in [2.05, 4.69) is 26.9 Å². The first-order valence-corrected chi connectivity index (χ1v) is 10.6. The molecule has 0 unspecified atom stereocenters. The second kappa shape index (κ2) is 7.98. The standard InChI is InChI=1S/C19H24N4O3S/c1-22-10-12-23(13-11-22)18-9-4-3-8-17(18)20-19(24)15-6-5-7-16(14-15)21-27(2,25)26/h3-9,14,21H,10-13H2,1-2H3,(H,20,24). The zero-order chi connectivity index (χ0) is 19.4. The van der Waals surface area contributed by atoms with Gasteiger partial charge in [0.15, 0.2) is 0 Å². The molecule has 1 fully saturated rings. The molecule has 2 N–H and O–H groups in total. The molecule has 0 bridgehead atoms. The Hall–Kier alpha value is -2.58. The monoisotopic (exact) mass is 388 g/mol. The molecular formula is C19H24N4O3S. The van der Waals surface area contributed by atoms with Crippen LogP contribution in [0.1, 0.15) is 10.4 Å². The Kier molecular flexibility index (Phi) is 5.67. The third kappa shape index (κ3) is 5.21. The van der Waals surface area contributed by atoms with Gasteiger partial charge in [0.05, 0.1) is 17.6 Å². The highest BCUT2D eigenvalue weighted by Crippen LogP contribution is 2.27. The predicted octanol–water partition coefficient (Wildman–Crippen LogP) is 2.06. The maximum absolute atomic E-state index is 12.7. The SMILES string of the molecule is CN1CCN(c2ccccc2NC(=O)c2cccc(NS(C)(=O)=O)c2)CC1. The minimum absolute atomic E-state index is 0.284. The fourth-order valence-electron chi connectivity index (χ4n) is 3.03. The van der Waals surface area contributed by atoms with Crippen molar-refractivity contribution in [1.82, 2.24) is 4.90 Å². The highest BCUT2D eigenvalue weighted by molar-refractivity contribution is 7.92. The summed E-state index contributed by atoms with van der Waals surface area (Å²) < 4.78 is 25.2. The fourth-order valence-corrected chi connectivity index (χ4v) is 3.59. The number of nitrogens with zero attached hydrogens (tertiary/aromatic N) is 2. The van der Waals surface area contributed by atoms with Gasteiger partial charge >= 0.3 is 0 Å². The lowest BCUT2D eigenvalue weighted by molar-refractivity contribution is 0.102. The minimum atomic E-state index is -3.40. The van der Waals surface area contributed by atoms with E-state index in [4.69, 9.17) is 0 Å². The van der Waals surface area contributed by atoms with E-state index in [0.29, 0.717) is 11.3 Å². The molecule has 0 saturated carbocycles. The van der Waals surface area contributed by atoms with Crippen LogP contribution in [-0.2, 0) is 10.0 Å². The second-order valence-electron chi connectivity index (χ2n) is 6.72. The summed E-state index contributed by atoms with van der Waals surface area (Å²) in [6.45, 7) is 3.75. The van der Waals surface area contributed by atoms with Crippen LogP contribution in [0, 0.1) is 0 Å². The number of rotatable bonds is 5. The summed E-state index contributed by atoms with van der Waals surface area (Å²) in [5.41, 5.74) is 2.48. The number of hydrogen-bond donors (Lipinski definition) is 2. The van der Waals surface area contributed by atoms with E-state index in [-0.39, 0.29) is 5.91 Å². The van der Waals surface area contributed by atoms with E-state index < -0.39 is 10.0 Å². The number of hydrogen-bond acceptors (Lipinski definition) is 5. The summed E-state index contributed by atoms with van der Waals surface area (Å²) in [5, 5.41) is 2.95. The van der Waals surface area contributed by atoms with Crippen LogP contribution in [0.25, 0.3) is 0 Å². The number of benzene rings is 2. The van der Waals surface area contributed by atoms with Gasteiger partial charge in [0.2, 0.25) is 10.0 Å². The maximum Gasteiger partial charge on any atom is 0.255 e. The summed E-state index contributed by atoms with van der Waals surface area (Å²) in [5.74, 6) is -0.284. The van der Waals surface area contributed by atoms with Crippen LogP contribution in [0.2, 0.25) is 0 Å². The fraction of sp³-hybridized carbons (Fsp3) is 0.316. The number of sulfonamides is 1. The number of anilines is 3. The van der Waals surface area contributed by atoms with E-state index in [1.54, 1.807) is 18.2 Å². The zero-order valence-electron chi connectivity index (χ0n) is 15.5. The van der Waals surface area contributed by atoms with Gasteiger partial charge in [-0.25, -0.2) is 8.42 Å². The van der Waals surface area contributed by atoms with Crippen molar-refractivity contribution in [1.29, 1.82) is 0 Å². The first-order chi connectivity index (χ1) is 12.8. The third-order valence-corrected chi connectivity index (χ3v) is 5.03. The molecule has 1 heterocycles. The lowest BCUT2D eigenvalue weighted by atomic mass is 10.1. The largest absolute Gasteiger partial charge is 0.367 e. The van der Waals surface area contributed by atoms with Gasteiger partial charge in [0.25, 0.3) is 5.91 Å². The number of carbonyl (C=O) groups excluding carboxylic acids is 1. The van der Waals surface area contributed by atoms with Crippen molar-refractivity contribution >= 4 is 33.0 Å². The van der Waals surface area contributed by atoms with Crippen LogP contribution in [0.5, 0.6) is 0 Å². The molecule has 144 valence electrons. The van der Waals surface area contributed by atoms with Gasteiger partial charge in [-0.15, -0.1) is 0 Å². The van der Waals surface area contributed by atoms with E-state index in [0.717, 1.165) is 43.8 Å². The van der Waals surface area contributed by atoms with Gasteiger partial charge in [-0.3, -0.25) is 9.52 Å². The number of nitrogens with one attached hydrogen (secondary N) is 2. The Labute approximate surface area is 160 Å². The molecule has 1 aliphatic rings. The summed E-state index contributed by atoms with van der Waals surface area (Å²) >= 11 is 0. The van der Waals surface area contributed by atoms with Crippen LogP contribution in [0.15, 0.2) is 48.5 Å². The molecule has 8 heteroatoms. The van der Waals surface area contributed by atoms with E-state index in [1.165, 1.54) is 6.07 Å². The van der Waals surface area contributed by atoms with Crippen LogP contribution in [0.4, 0.5) is 17.1 Å². The minimum Gasteiger partial charge on any atom is -0.367 e. The smallest absolute Gasteiger partial charge is 0.255 e. The Bertz CT molecular complexity index is 922. The first kappa shape index (κ1) is 19.2. The lowest BCUT2D eigenvalue weighted by Crippen LogP contribution is -2.44. The Morgan fingerprint density at radius 2 is 1.70 bits per heavy atom. The van der Waals surface area contributed by atoms with Gasteiger partial charge in [-0.1, -0.05) is 18.2 Å². The molecule has 2 aromatic carbocycles. The molecule has 7 nitrogen and oxygen atoms in total. The van der Waals surface area contributed by atoms with Crippen LogP contribution in [0.3, 0.4) is 0 Å². The van der Waals surface area contributed by atoms with Crippen molar-refractivity contribution < 1.29 is 13.2 Å². The van der Waals surface area contributed by atoms with E-state index in [9.17, 15) is 13.2 Å². The van der Waals surface area contributed by atoms with E-state index in [1.807, 2.05) is 24.3 Å². The van der Waals surface area contributed by atoms with Crippen molar-refractivity contribution in [2.75, 3.05) is 54.4 Å². The topological polar surface area (TPSA) is 81.8 Å². The van der Waals surface area contributed by atoms with Crippen molar-refractivity contribution in [2.24, 2.45) is 0 Å². The van der Waals surface area contributed by atoms with Gasteiger partial charge in [-0.2, -0.15) is 0 Å². The third-order valence-electron chi connectivity index (χ3n) is 4.42. The van der Waals surface area contributed by atoms with Gasteiger partial charge in [0, 0.05) is 37.4 Å². The average molecular weight is 388 g/mol. The molecule has 0 spiro atoms. The average Bonchev–Trinajstić information content (AvgIpc) is 2.62. The molecule has 0 radical (unpaired) electrons. The molecular weight excluding hydrogens is 364 g/mol. The Morgan fingerprint density at radius 3 is 2.41 bits per heavy atom. The number of carbonyl (C=O) groups is 1. The van der Waals surface area contributed by atoms with E-state index >= 15 is 0 Å². The number of para-hydroxylation sites is 2.